The second kappa shape index (κ2) is 7.15. The van der Waals surface area contributed by atoms with Gasteiger partial charge < -0.3 is 9.42 Å². The van der Waals surface area contributed by atoms with E-state index >= 15 is 0 Å². The zero-order valence-corrected chi connectivity index (χ0v) is 14.6. The van der Waals surface area contributed by atoms with Gasteiger partial charge in [0.2, 0.25) is 11.8 Å². The summed E-state index contributed by atoms with van der Waals surface area (Å²) < 4.78 is 7.09. The van der Waals surface area contributed by atoms with Gasteiger partial charge in [-0.15, -0.1) is 0 Å². The topological polar surface area (TPSA) is 77.1 Å². The van der Waals surface area contributed by atoms with Crippen molar-refractivity contribution < 1.29 is 9.32 Å². The lowest BCUT2D eigenvalue weighted by atomic mass is 9.97. The predicted molar refractivity (Wildman–Crippen MR) is 88.5 cm³/mol. The third-order valence-corrected chi connectivity index (χ3v) is 4.45. The van der Waals surface area contributed by atoms with Gasteiger partial charge in [-0.25, -0.2) is 0 Å². The van der Waals surface area contributed by atoms with Gasteiger partial charge in [-0.1, -0.05) is 12.1 Å². The van der Waals surface area contributed by atoms with E-state index in [1.807, 2.05) is 28.8 Å². The van der Waals surface area contributed by atoms with E-state index in [-0.39, 0.29) is 11.8 Å². The van der Waals surface area contributed by atoms with Gasteiger partial charge in [-0.05, 0) is 32.8 Å². The Balaban J connectivity index is 1.62. The van der Waals surface area contributed by atoms with Crippen molar-refractivity contribution in [1.82, 2.24) is 24.8 Å². The number of piperidine rings is 1. The molecule has 1 unspecified atom stereocenters. The molecule has 0 spiro atoms. The van der Waals surface area contributed by atoms with Crippen LogP contribution in [0.2, 0.25) is 0 Å². The van der Waals surface area contributed by atoms with E-state index < -0.39 is 0 Å². The number of nitrogens with zero attached hydrogens (tertiary/aromatic N) is 5. The first-order chi connectivity index (χ1) is 11.6. The van der Waals surface area contributed by atoms with Crippen LogP contribution in [0, 0.1) is 0 Å². The van der Waals surface area contributed by atoms with Gasteiger partial charge in [-0.3, -0.25) is 9.48 Å². The number of amides is 1. The van der Waals surface area contributed by atoms with Crippen molar-refractivity contribution in [3.05, 3.63) is 29.7 Å². The van der Waals surface area contributed by atoms with Crippen LogP contribution in [0.25, 0.3) is 0 Å². The van der Waals surface area contributed by atoms with E-state index in [1.165, 1.54) is 0 Å². The minimum atomic E-state index is 0.118. The molecule has 0 aliphatic carbocycles. The fourth-order valence-electron chi connectivity index (χ4n) is 3.02. The molecule has 1 saturated heterocycles. The molecule has 0 bridgehead atoms. The molecule has 130 valence electrons. The monoisotopic (exact) mass is 331 g/mol. The molecule has 0 radical (unpaired) electrons. The minimum Gasteiger partial charge on any atom is -0.342 e. The summed E-state index contributed by atoms with van der Waals surface area (Å²) in [5, 5.41) is 8.54. The van der Waals surface area contributed by atoms with Crippen molar-refractivity contribution in [2.24, 2.45) is 0 Å². The molecule has 3 heterocycles. The van der Waals surface area contributed by atoms with Crippen molar-refractivity contribution in [1.29, 1.82) is 0 Å². The molecular weight excluding hydrogens is 306 g/mol. The first-order valence-electron chi connectivity index (χ1n) is 8.71. The Morgan fingerprint density at radius 3 is 2.96 bits per heavy atom. The molecule has 1 amide bonds. The lowest BCUT2D eigenvalue weighted by molar-refractivity contribution is -0.131. The second-order valence-corrected chi connectivity index (χ2v) is 6.64. The van der Waals surface area contributed by atoms with Crippen molar-refractivity contribution in [2.45, 2.75) is 58.4 Å². The van der Waals surface area contributed by atoms with Crippen LogP contribution in [0.15, 0.2) is 16.8 Å². The predicted octanol–water partition coefficient (Wildman–Crippen LogP) is 2.36. The zero-order chi connectivity index (χ0) is 17.1. The highest BCUT2D eigenvalue weighted by molar-refractivity contribution is 5.78. The highest BCUT2D eigenvalue weighted by Crippen LogP contribution is 2.25. The molecule has 1 aliphatic rings. The Hall–Kier alpha value is -2.18. The number of carbonyl (C=O) groups excluding carboxylic acids is 1. The normalized spacial score (nSPS) is 18.3. The Bertz CT molecular complexity index is 691. The third-order valence-electron chi connectivity index (χ3n) is 4.45. The summed E-state index contributed by atoms with van der Waals surface area (Å²) in [5.41, 5.74) is 0.823. The second-order valence-electron chi connectivity index (χ2n) is 6.64. The van der Waals surface area contributed by atoms with Gasteiger partial charge in [0.05, 0.1) is 12.1 Å². The number of carbonyl (C=O) groups is 1. The fourth-order valence-corrected chi connectivity index (χ4v) is 3.02. The molecule has 0 saturated carbocycles. The Kier molecular flexibility index (Phi) is 4.97. The SMILES string of the molecule is CCc1nc(C2CCCN(C(=O)Cc3ccn(C(C)C)n3)C2)no1. The maximum Gasteiger partial charge on any atom is 0.228 e. The van der Waals surface area contributed by atoms with Gasteiger partial charge >= 0.3 is 0 Å². The molecule has 0 aromatic carbocycles. The molecule has 3 rings (SSSR count). The van der Waals surface area contributed by atoms with E-state index in [9.17, 15) is 4.79 Å². The lowest BCUT2D eigenvalue weighted by Gasteiger charge is -2.31. The van der Waals surface area contributed by atoms with Crippen LogP contribution in [-0.2, 0) is 17.6 Å². The van der Waals surface area contributed by atoms with E-state index in [0.717, 1.165) is 37.3 Å². The van der Waals surface area contributed by atoms with Crippen molar-refractivity contribution in [2.75, 3.05) is 13.1 Å². The van der Waals surface area contributed by atoms with Gasteiger partial charge in [0.15, 0.2) is 5.82 Å². The van der Waals surface area contributed by atoms with Gasteiger partial charge in [-0.2, -0.15) is 10.1 Å². The number of aromatic nitrogens is 4. The summed E-state index contributed by atoms with van der Waals surface area (Å²) >= 11 is 0. The highest BCUT2D eigenvalue weighted by Gasteiger charge is 2.28. The van der Waals surface area contributed by atoms with Crippen molar-refractivity contribution >= 4 is 5.91 Å². The van der Waals surface area contributed by atoms with E-state index in [0.29, 0.717) is 24.9 Å². The third kappa shape index (κ3) is 3.66. The largest absolute Gasteiger partial charge is 0.342 e. The standard InChI is InChI=1S/C17H25N5O2/c1-4-15-18-17(20-24-15)13-6-5-8-21(11-13)16(23)10-14-7-9-22(19-14)12(2)3/h7,9,12-13H,4-6,8,10-11H2,1-3H3. The molecule has 24 heavy (non-hydrogen) atoms. The molecule has 2 aromatic rings. The van der Waals surface area contributed by atoms with Crippen LogP contribution < -0.4 is 0 Å². The van der Waals surface area contributed by atoms with Crippen LogP contribution in [0.4, 0.5) is 0 Å². The van der Waals surface area contributed by atoms with Crippen molar-refractivity contribution in [3.8, 4) is 0 Å². The maximum atomic E-state index is 12.6. The zero-order valence-electron chi connectivity index (χ0n) is 14.6. The summed E-state index contributed by atoms with van der Waals surface area (Å²) in [5.74, 6) is 1.67. The molecule has 7 nitrogen and oxygen atoms in total. The number of hydrogen-bond donors (Lipinski definition) is 0. The summed E-state index contributed by atoms with van der Waals surface area (Å²) in [6, 6.07) is 2.23. The number of rotatable bonds is 5. The average Bonchev–Trinajstić information content (AvgIpc) is 3.24. The minimum absolute atomic E-state index is 0.118. The molecule has 1 fully saturated rings. The van der Waals surface area contributed by atoms with E-state index in [2.05, 4.69) is 29.1 Å². The number of aryl methyl sites for hydroxylation is 1. The molecule has 1 atom stereocenters. The summed E-state index contributed by atoms with van der Waals surface area (Å²) in [6.07, 6.45) is 4.97. The fraction of sp³-hybridized carbons (Fsp3) is 0.647. The number of likely N-dealkylation sites (tertiary alicyclic amines) is 1. The summed E-state index contributed by atoms with van der Waals surface area (Å²) in [7, 11) is 0. The lowest BCUT2D eigenvalue weighted by Crippen LogP contribution is -2.40. The maximum absolute atomic E-state index is 12.6. The summed E-state index contributed by atoms with van der Waals surface area (Å²) in [6.45, 7) is 7.59. The number of hydrogen-bond acceptors (Lipinski definition) is 5. The van der Waals surface area contributed by atoms with Crippen LogP contribution >= 0.6 is 0 Å². The highest BCUT2D eigenvalue weighted by atomic mass is 16.5. The molecule has 7 heteroatoms. The first kappa shape index (κ1) is 16.7. The van der Waals surface area contributed by atoms with E-state index in [4.69, 9.17) is 4.52 Å². The van der Waals surface area contributed by atoms with Crippen LogP contribution in [0.1, 0.15) is 63.0 Å². The Labute approximate surface area is 142 Å². The Morgan fingerprint density at radius 1 is 1.46 bits per heavy atom. The molecule has 1 aliphatic heterocycles. The first-order valence-corrected chi connectivity index (χ1v) is 8.71. The van der Waals surface area contributed by atoms with Gasteiger partial charge in [0.1, 0.15) is 0 Å². The molecule has 2 aromatic heterocycles. The van der Waals surface area contributed by atoms with Gasteiger partial charge in [0.25, 0.3) is 0 Å². The average molecular weight is 331 g/mol. The van der Waals surface area contributed by atoms with Crippen molar-refractivity contribution in [3.63, 3.8) is 0 Å². The van der Waals surface area contributed by atoms with Crippen LogP contribution in [0.5, 0.6) is 0 Å². The van der Waals surface area contributed by atoms with Crippen LogP contribution in [-0.4, -0.2) is 43.8 Å². The van der Waals surface area contributed by atoms with Gasteiger partial charge in [0, 0.05) is 37.7 Å². The summed E-state index contributed by atoms with van der Waals surface area (Å²) in [4.78, 5) is 18.9. The molecule has 0 N–H and O–H groups in total. The molecular formula is C17H25N5O2. The Morgan fingerprint density at radius 2 is 2.29 bits per heavy atom. The smallest absolute Gasteiger partial charge is 0.228 e. The van der Waals surface area contributed by atoms with Crippen LogP contribution in [0.3, 0.4) is 0 Å². The van der Waals surface area contributed by atoms with E-state index in [1.54, 1.807) is 0 Å². The quantitative estimate of drug-likeness (QED) is 0.840.